The van der Waals surface area contributed by atoms with Gasteiger partial charge in [0.15, 0.2) is 0 Å². The molecule has 13 heavy (non-hydrogen) atoms. The van der Waals surface area contributed by atoms with E-state index in [4.69, 9.17) is 12.2 Å². The summed E-state index contributed by atoms with van der Waals surface area (Å²) in [5.74, 6) is 0. The van der Waals surface area contributed by atoms with Crippen molar-refractivity contribution in [3.8, 4) is 0 Å². The average molecular weight is 199 g/mol. The van der Waals surface area contributed by atoms with Crippen molar-refractivity contribution in [2.24, 2.45) is 0 Å². The number of hydrogen-bond acceptors (Lipinski definition) is 1. The van der Waals surface area contributed by atoms with Crippen molar-refractivity contribution in [2.75, 3.05) is 0 Å². The summed E-state index contributed by atoms with van der Waals surface area (Å²) in [5.41, 5.74) is 0. The van der Waals surface area contributed by atoms with Crippen LogP contribution in [-0.2, 0) is 0 Å². The third-order valence-corrected chi connectivity index (χ3v) is 2.58. The molecule has 0 nitrogen and oxygen atoms in total. The largest absolute Gasteiger partial charge is 0.0894 e. The fourth-order valence-electron chi connectivity index (χ4n) is 1.31. The maximum atomic E-state index is 5.26. The van der Waals surface area contributed by atoms with Gasteiger partial charge in [-0.15, -0.1) is 0 Å². The topological polar surface area (TPSA) is 0 Å². The van der Waals surface area contributed by atoms with Gasteiger partial charge in [0.2, 0.25) is 0 Å². The molecule has 0 aliphatic carbocycles. The summed E-state index contributed by atoms with van der Waals surface area (Å²) in [7, 11) is 0. The van der Waals surface area contributed by atoms with Crippen LogP contribution >= 0.6 is 12.2 Å². The van der Waals surface area contributed by atoms with Crippen LogP contribution in [0.2, 0.25) is 0 Å². The molecule has 0 saturated carbocycles. The lowest BCUT2D eigenvalue weighted by molar-refractivity contribution is 0.714. The summed E-state index contributed by atoms with van der Waals surface area (Å²) in [4.78, 5) is 1.18. The Balaban J connectivity index is 3.11. The second-order valence-corrected chi connectivity index (χ2v) is 4.15. The molecule has 0 aliphatic rings. The van der Waals surface area contributed by atoms with Crippen LogP contribution in [0.1, 0.15) is 65.2 Å². The predicted molar refractivity (Wildman–Crippen MR) is 65.2 cm³/mol. The van der Waals surface area contributed by atoms with Crippen molar-refractivity contribution in [3.05, 3.63) is 6.42 Å². The van der Waals surface area contributed by atoms with Crippen LogP contribution in [-0.4, -0.2) is 4.86 Å². The first-order valence-corrected chi connectivity index (χ1v) is 6.08. The van der Waals surface area contributed by atoms with Gasteiger partial charge in [0.25, 0.3) is 0 Å². The standard InChI is InChI=1S/C12H23S/c1-3-5-7-9-11-12(13)10-8-6-4-2/h11H,3-10H2,1-2H3. The Labute approximate surface area is 89.1 Å². The van der Waals surface area contributed by atoms with E-state index in [0.717, 1.165) is 6.42 Å². The lowest BCUT2D eigenvalue weighted by Crippen LogP contribution is -1.95. The van der Waals surface area contributed by atoms with Gasteiger partial charge in [0.05, 0.1) is 0 Å². The van der Waals surface area contributed by atoms with Gasteiger partial charge in [-0.1, -0.05) is 58.2 Å². The zero-order chi connectivity index (χ0) is 9.94. The number of rotatable bonds is 9. The third kappa shape index (κ3) is 10.0. The number of hydrogen-bond donors (Lipinski definition) is 0. The van der Waals surface area contributed by atoms with Gasteiger partial charge in [-0.2, -0.15) is 0 Å². The van der Waals surface area contributed by atoms with E-state index in [9.17, 15) is 0 Å². The van der Waals surface area contributed by atoms with E-state index in [1.54, 1.807) is 0 Å². The van der Waals surface area contributed by atoms with Crippen molar-refractivity contribution in [2.45, 2.75) is 65.2 Å². The first-order valence-electron chi connectivity index (χ1n) is 5.67. The second-order valence-electron chi connectivity index (χ2n) is 3.62. The fourth-order valence-corrected chi connectivity index (χ4v) is 1.57. The third-order valence-electron chi connectivity index (χ3n) is 2.21. The number of unbranched alkanes of at least 4 members (excludes halogenated alkanes) is 5. The Hall–Kier alpha value is 0.0900. The molecule has 77 valence electrons. The summed E-state index contributed by atoms with van der Waals surface area (Å²) in [6.45, 7) is 4.47. The van der Waals surface area contributed by atoms with E-state index in [1.807, 2.05) is 0 Å². The summed E-state index contributed by atoms with van der Waals surface area (Å²) in [6.07, 6.45) is 12.4. The lowest BCUT2D eigenvalue weighted by Gasteiger charge is -2.02. The quantitative estimate of drug-likeness (QED) is 0.382. The molecule has 0 fully saturated rings. The average Bonchev–Trinajstić information content (AvgIpc) is 2.13. The smallest absolute Gasteiger partial charge is 0.00243 e. The predicted octanol–water partition coefficient (Wildman–Crippen LogP) is 4.72. The molecule has 0 rings (SSSR count). The normalized spacial score (nSPS) is 10.3. The van der Waals surface area contributed by atoms with E-state index in [-0.39, 0.29) is 0 Å². The summed E-state index contributed by atoms with van der Waals surface area (Å²) in [5, 5.41) is 0. The zero-order valence-electron chi connectivity index (χ0n) is 9.14. The highest BCUT2D eigenvalue weighted by Gasteiger charge is 1.97. The Kier molecular flexibility index (Phi) is 10.2. The molecule has 0 aromatic carbocycles. The first kappa shape index (κ1) is 13.1. The minimum atomic E-state index is 1.13. The van der Waals surface area contributed by atoms with Gasteiger partial charge in [-0.25, -0.2) is 0 Å². The Bertz CT molecular complexity index is 118. The van der Waals surface area contributed by atoms with Gasteiger partial charge >= 0.3 is 0 Å². The Morgan fingerprint density at radius 1 is 1.00 bits per heavy atom. The second kappa shape index (κ2) is 10.2. The molecule has 0 bridgehead atoms. The summed E-state index contributed by atoms with van der Waals surface area (Å²) >= 11 is 5.26. The summed E-state index contributed by atoms with van der Waals surface area (Å²) < 4.78 is 0. The molecule has 0 N–H and O–H groups in total. The SMILES string of the molecule is CCCCC[CH]C(=S)CCCCC. The van der Waals surface area contributed by atoms with Crippen LogP contribution in [0, 0.1) is 6.42 Å². The van der Waals surface area contributed by atoms with E-state index < -0.39 is 0 Å². The molecule has 0 atom stereocenters. The van der Waals surface area contributed by atoms with Crippen molar-refractivity contribution < 1.29 is 0 Å². The van der Waals surface area contributed by atoms with Gasteiger partial charge in [-0.05, 0) is 30.5 Å². The van der Waals surface area contributed by atoms with Crippen molar-refractivity contribution in [1.82, 2.24) is 0 Å². The summed E-state index contributed by atoms with van der Waals surface area (Å²) in [6, 6.07) is 0. The molecule has 0 unspecified atom stereocenters. The van der Waals surface area contributed by atoms with E-state index in [0.29, 0.717) is 0 Å². The molecular weight excluding hydrogens is 176 g/mol. The van der Waals surface area contributed by atoms with E-state index >= 15 is 0 Å². The van der Waals surface area contributed by atoms with Crippen LogP contribution in [0.3, 0.4) is 0 Å². The fraction of sp³-hybridized carbons (Fsp3) is 0.833. The molecule has 0 aliphatic heterocycles. The maximum Gasteiger partial charge on any atom is -0.00243 e. The molecule has 1 radical (unpaired) electrons. The van der Waals surface area contributed by atoms with Crippen LogP contribution < -0.4 is 0 Å². The first-order chi connectivity index (χ1) is 6.31. The maximum absolute atomic E-state index is 5.26. The minimum absolute atomic E-state index is 1.13. The Morgan fingerprint density at radius 2 is 1.62 bits per heavy atom. The van der Waals surface area contributed by atoms with E-state index in [2.05, 4.69) is 20.3 Å². The van der Waals surface area contributed by atoms with Gasteiger partial charge in [0, 0.05) is 0 Å². The zero-order valence-corrected chi connectivity index (χ0v) is 9.96. The molecule has 0 heterocycles. The van der Waals surface area contributed by atoms with Crippen LogP contribution in [0.25, 0.3) is 0 Å². The van der Waals surface area contributed by atoms with Crippen LogP contribution in [0.5, 0.6) is 0 Å². The van der Waals surface area contributed by atoms with Crippen molar-refractivity contribution >= 4 is 17.1 Å². The molecule has 1 heteroatoms. The minimum Gasteiger partial charge on any atom is -0.0894 e. The lowest BCUT2D eigenvalue weighted by atomic mass is 10.1. The van der Waals surface area contributed by atoms with Gasteiger partial charge in [-0.3, -0.25) is 0 Å². The van der Waals surface area contributed by atoms with Crippen LogP contribution in [0.15, 0.2) is 0 Å². The highest BCUT2D eigenvalue weighted by molar-refractivity contribution is 7.80. The highest BCUT2D eigenvalue weighted by Crippen LogP contribution is 2.08. The van der Waals surface area contributed by atoms with Crippen molar-refractivity contribution in [1.29, 1.82) is 0 Å². The molecule has 0 saturated heterocycles. The molecule has 0 amide bonds. The Morgan fingerprint density at radius 3 is 2.23 bits per heavy atom. The van der Waals surface area contributed by atoms with Gasteiger partial charge in [0.1, 0.15) is 0 Å². The molecule has 0 aromatic heterocycles. The monoisotopic (exact) mass is 199 g/mol. The van der Waals surface area contributed by atoms with Gasteiger partial charge < -0.3 is 0 Å². The molecule has 0 aromatic rings. The molecular formula is C12H23S. The van der Waals surface area contributed by atoms with E-state index in [1.165, 1.54) is 49.8 Å². The highest BCUT2D eigenvalue weighted by atomic mass is 32.1. The molecule has 0 spiro atoms. The van der Waals surface area contributed by atoms with Crippen LogP contribution in [0.4, 0.5) is 0 Å². The number of thiocarbonyl (C=S) groups is 1. The van der Waals surface area contributed by atoms with Crippen molar-refractivity contribution in [3.63, 3.8) is 0 Å².